The molecule has 0 saturated carbocycles. The lowest BCUT2D eigenvalue weighted by molar-refractivity contribution is 0.160. The molecule has 44 valence electrons. The largest absolute Gasteiger partial charge is 0.435 e. The van der Waals surface area contributed by atoms with E-state index in [1.54, 1.807) is 5.43 Å². The summed E-state index contributed by atoms with van der Waals surface area (Å²) >= 11 is 0. The zero-order valence-electron chi connectivity index (χ0n) is 4.18. The van der Waals surface area contributed by atoms with Gasteiger partial charge in [-0.15, -0.1) is 6.42 Å². The van der Waals surface area contributed by atoms with Gasteiger partial charge in [-0.05, 0) is 0 Å². The van der Waals surface area contributed by atoms with Gasteiger partial charge in [0.05, 0.1) is 0 Å². The summed E-state index contributed by atoms with van der Waals surface area (Å²) in [6, 6.07) is 0. The molecule has 3 N–H and O–H groups in total. The molecule has 0 aromatic rings. The first-order valence-corrected chi connectivity index (χ1v) is 1.88. The molecular weight excluding hydrogens is 108 g/mol. The van der Waals surface area contributed by atoms with Crippen molar-refractivity contribution in [3.05, 3.63) is 0 Å². The van der Waals surface area contributed by atoms with E-state index < -0.39 is 6.09 Å². The Bertz CT molecular complexity index is 116. The third-order valence-corrected chi connectivity index (χ3v) is 0.404. The number of carbonyl (C=O) groups excluding carboxylic acids is 1. The summed E-state index contributed by atoms with van der Waals surface area (Å²) in [5, 5.41) is 0. The van der Waals surface area contributed by atoms with E-state index in [0.717, 1.165) is 0 Å². The molecule has 0 heterocycles. The SMILES string of the molecule is C#CCOC(=O)NN. The Morgan fingerprint density at radius 1 is 2.00 bits per heavy atom. The van der Waals surface area contributed by atoms with Gasteiger partial charge in [0, 0.05) is 0 Å². The van der Waals surface area contributed by atoms with Crippen molar-refractivity contribution in [3.8, 4) is 12.3 Å². The van der Waals surface area contributed by atoms with E-state index in [1.807, 2.05) is 0 Å². The molecular formula is C4H6N2O2. The number of nitrogens with one attached hydrogen (secondary N) is 1. The van der Waals surface area contributed by atoms with E-state index in [9.17, 15) is 4.79 Å². The summed E-state index contributed by atoms with van der Waals surface area (Å²) in [7, 11) is 0. The number of rotatable bonds is 1. The van der Waals surface area contributed by atoms with Gasteiger partial charge in [-0.1, -0.05) is 5.92 Å². The number of terminal acetylenes is 1. The van der Waals surface area contributed by atoms with Crippen LogP contribution in [0.2, 0.25) is 0 Å². The predicted molar refractivity (Wildman–Crippen MR) is 27.5 cm³/mol. The Balaban J connectivity index is 3.15. The molecule has 0 bridgehead atoms. The van der Waals surface area contributed by atoms with Crippen LogP contribution in [0.15, 0.2) is 0 Å². The van der Waals surface area contributed by atoms with Crippen molar-refractivity contribution in [1.82, 2.24) is 5.43 Å². The molecule has 4 nitrogen and oxygen atoms in total. The van der Waals surface area contributed by atoms with Crippen molar-refractivity contribution in [3.63, 3.8) is 0 Å². The average Bonchev–Trinajstić information content (AvgIpc) is 1.83. The molecule has 0 atom stereocenters. The molecule has 0 saturated heterocycles. The van der Waals surface area contributed by atoms with Gasteiger partial charge in [0.25, 0.3) is 0 Å². The Kier molecular flexibility index (Phi) is 3.36. The van der Waals surface area contributed by atoms with Gasteiger partial charge in [-0.3, -0.25) is 5.43 Å². The van der Waals surface area contributed by atoms with Crippen LogP contribution in [-0.4, -0.2) is 12.7 Å². The average molecular weight is 114 g/mol. The molecule has 1 amide bonds. The number of hydrogen-bond donors (Lipinski definition) is 2. The van der Waals surface area contributed by atoms with Crippen LogP contribution in [0.1, 0.15) is 0 Å². The summed E-state index contributed by atoms with van der Waals surface area (Å²) in [6.07, 6.45) is 4.02. The topological polar surface area (TPSA) is 64.3 Å². The van der Waals surface area contributed by atoms with Gasteiger partial charge < -0.3 is 4.74 Å². The zero-order valence-corrected chi connectivity index (χ0v) is 4.18. The van der Waals surface area contributed by atoms with Crippen molar-refractivity contribution in [2.24, 2.45) is 5.84 Å². The monoisotopic (exact) mass is 114 g/mol. The molecule has 0 aliphatic carbocycles. The van der Waals surface area contributed by atoms with Crippen LogP contribution in [0, 0.1) is 12.3 Å². The van der Waals surface area contributed by atoms with Gasteiger partial charge >= 0.3 is 6.09 Å². The highest BCUT2D eigenvalue weighted by molar-refractivity contribution is 5.66. The fraction of sp³-hybridized carbons (Fsp3) is 0.250. The molecule has 0 aromatic carbocycles. The minimum Gasteiger partial charge on any atom is -0.435 e. The molecule has 0 aromatic heterocycles. The highest BCUT2D eigenvalue weighted by Crippen LogP contribution is 1.69. The van der Waals surface area contributed by atoms with Crippen LogP contribution in [0.3, 0.4) is 0 Å². The van der Waals surface area contributed by atoms with E-state index in [-0.39, 0.29) is 6.61 Å². The standard InChI is InChI=1S/C4H6N2O2/c1-2-3-8-4(7)6-5/h1H,3,5H2,(H,6,7). The summed E-state index contributed by atoms with van der Waals surface area (Å²) in [5.74, 6) is 6.71. The second-order valence-electron chi connectivity index (χ2n) is 0.925. The Hall–Kier alpha value is -1.21. The highest BCUT2D eigenvalue weighted by Gasteiger charge is 1.91. The second kappa shape index (κ2) is 3.96. The number of hydrazine groups is 1. The second-order valence-corrected chi connectivity index (χ2v) is 0.925. The van der Waals surface area contributed by atoms with Crippen LogP contribution in [0.25, 0.3) is 0 Å². The van der Waals surface area contributed by atoms with Gasteiger partial charge in [-0.2, -0.15) is 0 Å². The lowest BCUT2D eigenvalue weighted by Crippen LogP contribution is -2.30. The van der Waals surface area contributed by atoms with Crippen molar-refractivity contribution in [2.75, 3.05) is 6.61 Å². The maximum Gasteiger partial charge on any atom is 0.422 e. The lowest BCUT2D eigenvalue weighted by Gasteiger charge is -1.95. The molecule has 4 heteroatoms. The van der Waals surface area contributed by atoms with E-state index >= 15 is 0 Å². The highest BCUT2D eigenvalue weighted by atomic mass is 16.5. The van der Waals surface area contributed by atoms with E-state index in [0.29, 0.717) is 0 Å². The summed E-state index contributed by atoms with van der Waals surface area (Å²) in [5.41, 5.74) is 1.74. The molecule has 0 aliphatic heterocycles. The number of hydrogen-bond acceptors (Lipinski definition) is 3. The maximum atomic E-state index is 10.0. The Morgan fingerprint density at radius 2 is 2.62 bits per heavy atom. The van der Waals surface area contributed by atoms with E-state index in [4.69, 9.17) is 6.42 Å². The summed E-state index contributed by atoms with van der Waals surface area (Å²) in [4.78, 5) is 10.0. The minimum atomic E-state index is -0.719. The van der Waals surface area contributed by atoms with Gasteiger partial charge in [0.2, 0.25) is 0 Å². The normalized spacial score (nSPS) is 7.00. The van der Waals surface area contributed by atoms with Crippen molar-refractivity contribution in [2.45, 2.75) is 0 Å². The van der Waals surface area contributed by atoms with Crippen molar-refractivity contribution < 1.29 is 9.53 Å². The Labute approximate surface area is 47.0 Å². The fourth-order valence-corrected chi connectivity index (χ4v) is 0.149. The van der Waals surface area contributed by atoms with Gasteiger partial charge in [0.15, 0.2) is 6.61 Å². The molecule has 0 rings (SSSR count). The number of amides is 1. The molecule has 0 radical (unpaired) electrons. The fourth-order valence-electron chi connectivity index (χ4n) is 0.149. The molecule has 0 fully saturated rings. The smallest absolute Gasteiger partial charge is 0.422 e. The van der Waals surface area contributed by atoms with Gasteiger partial charge in [0.1, 0.15) is 0 Å². The van der Waals surface area contributed by atoms with Gasteiger partial charge in [-0.25, -0.2) is 10.6 Å². The number of nitrogens with two attached hydrogens (primary N) is 1. The van der Waals surface area contributed by atoms with E-state index in [2.05, 4.69) is 16.5 Å². The molecule has 0 unspecified atom stereocenters. The first-order chi connectivity index (χ1) is 3.81. The summed E-state index contributed by atoms with van der Waals surface area (Å²) < 4.78 is 4.23. The summed E-state index contributed by atoms with van der Waals surface area (Å²) in [6.45, 7) is -0.0525. The quantitative estimate of drug-likeness (QED) is 0.203. The third kappa shape index (κ3) is 3.00. The Morgan fingerprint density at radius 3 is 3.00 bits per heavy atom. The van der Waals surface area contributed by atoms with Crippen molar-refractivity contribution >= 4 is 6.09 Å². The number of carbonyl (C=O) groups is 1. The van der Waals surface area contributed by atoms with Crippen molar-refractivity contribution in [1.29, 1.82) is 0 Å². The predicted octanol–water partition coefficient (Wildman–Crippen LogP) is -0.780. The van der Waals surface area contributed by atoms with E-state index in [1.165, 1.54) is 0 Å². The van der Waals surface area contributed by atoms with Crippen LogP contribution in [0.5, 0.6) is 0 Å². The minimum absolute atomic E-state index is 0.0525. The first-order valence-electron chi connectivity index (χ1n) is 1.88. The first kappa shape index (κ1) is 6.79. The van der Waals surface area contributed by atoms with Crippen LogP contribution in [0.4, 0.5) is 4.79 Å². The number of ether oxygens (including phenoxy) is 1. The molecule has 0 aliphatic rings. The zero-order chi connectivity index (χ0) is 6.41. The molecule has 0 spiro atoms. The molecule has 8 heavy (non-hydrogen) atoms. The third-order valence-electron chi connectivity index (χ3n) is 0.404. The van der Waals surface area contributed by atoms with Crippen LogP contribution < -0.4 is 11.3 Å². The van der Waals surface area contributed by atoms with Crippen LogP contribution in [-0.2, 0) is 4.74 Å². The maximum absolute atomic E-state index is 10.0. The van der Waals surface area contributed by atoms with Crippen LogP contribution >= 0.6 is 0 Å². The lowest BCUT2D eigenvalue weighted by atomic mass is 10.8.